The molecule has 1 heterocycles. The number of rotatable bonds is 6. The Morgan fingerprint density at radius 2 is 1.30 bits per heavy atom. The van der Waals surface area contributed by atoms with Crippen molar-refractivity contribution in [2.45, 2.75) is 5.92 Å². The minimum atomic E-state index is -0.163. The monoisotopic (exact) mass is 393 g/mol. The fraction of sp³-hybridized carbons (Fsp3) is 0.0385. The van der Waals surface area contributed by atoms with Crippen LogP contribution < -0.4 is 10.9 Å². The Bertz CT molecular complexity index is 1110. The highest BCUT2D eigenvalue weighted by Gasteiger charge is 2.18. The first-order valence-corrected chi connectivity index (χ1v) is 9.74. The number of carbonyl (C=O) groups excluding carboxylic acids is 1. The zero-order chi connectivity index (χ0) is 20.8. The summed E-state index contributed by atoms with van der Waals surface area (Å²) in [5.74, 6) is -0.294. The molecular formula is C26H21N2O2. The average molecular weight is 393 g/mol. The molecule has 0 unspecified atom stereocenters. The summed E-state index contributed by atoms with van der Waals surface area (Å²) in [5.41, 5.74) is 4.57. The summed E-state index contributed by atoms with van der Waals surface area (Å²) in [6, 6.07) is 30.8. The van der Waals surface area contributed by atoms with Gasteiger partial charge in [0, 0.05) is 23.9 Å². The van der Waals surface area contributed by atoms with Crippen molar-refractivity contribution in [1.82, 2.24) is 4.98 Å². The lowest BCUT2D eigenvalue weighted by atomic mass is 9.88. The molecule has 0 bridgehead atoms. The van der Waals surface area contributed by atoms with Crippen LogP contribution in [0.1, 0.15) is 17.0 Å². The van der Waals surface area contributed by atoms with Crippen LogP contribution in [0.4, 0.5) is 5.69 Å². The Morgan fingerprint density at radius 3 is 1.83 bits per heavy atom. The molecular weight excluding hydrogens is 372 g/mol. The highest BCUT2D eigenvalue weighted by atomic mass is 16.1. The lowest BCUT2D eigenvalue weighted by Gasteiger charge is -2.17. The van der Waals surface area contributed by atoms with E-state index in [0.717, 1.165) is 22.3 Å². The number of nitrogens with one attached hydrogen (secondary N) is 2. The first kappa shape index (κ1) is 19.4. The van der Waals surface area contributed by atoms with Gasteiger partial charge in [0.05, 0.1) is 6.42 Å². The van der Waals surface area contributed by atoms with E-state index in [1.165, 1.54) is 6.07 Å². The van der Waals surface area contributed by atoms with Crippen LogP contribution in [0.15, 0.2) is 108 Å². The van der Waals surface area contributed by atoms with Gasteiger partial charge in [0.15, 0.2) is 0 Å². The molecule has 4 aromatic rings. The van der Waals surface area contributed by atoms with Crippen LogP contribution in [0.3, 0.4) is 0 Å². The van der Waals surface area contributed by atoms with Gasteiger partial charge in [-0.25, -0.2) is 0 Å². The van der Waals surface area contributed by atoms with Crippen molar-refractivity contribution in [3.63, 3.8) is 0 Å². The molecule has 1 aromatic heterocycles. The minimum Gasteiger partial charge on any atom is -0.328 e. The summed E-state index contributed by atoms with van der Waals surface area (Å²) in [7, 11) is 0. The quantitative estimate of drug-likeness (QED) is 0.483. The molecule has 147 valence electrons. The third-order valence-corrected chi connectivity index (χ3v) is 4.91. The first-order valence-electron chi connectivity index (χ1n) is 9.74. The predicted molar refractivity (Wildman–Crippen MR) is 120 cm³/mol. The fourth-order valence-corrected chi connectivity index (χ4v) is 3.38. The van der Waals surface area contributed by atoms with Gasteiger partial charge in [0.1, 0.15) is 0 Å². The van der Waals surface area contributed by atoms with Crippen LogP contribution in [-0.2, 0) is 4.79 Å². The van der Waals surface area contributed by atoms with Crippen molar-refractivity contribution >= 4 is 11.6 Å². The molecule has 1 radical (unpaired) electrons. The molecule has 4 heteroatoms. The molecule has 4 nitrogen and oxygen atoms in total. The zero-order valence-electron chi connectivity index (χ0n) is 16.3. The lowest BCUT2D eigenvalue weighted by Crippen LogP contribution is -2.17. The van der Waals surface area contributed by atoms with Crippen LogP contribution in [0.2, 0.25) is 0 Å². The molecule has 4 rings (SSSR count). The third kappa shape index (κ3) is 4.73. The summed E-state index contributed by atoms with van der Waals surface area (Å²) in [5, 5.41) is 2.95. The van der Waals surface area contributed by atoms with E-state index in [0.29, 0.717) is 5.69 Å². The number of pyridine rings is 1. The first-order chi connectivity index (χ1) is 14.7. The van der Waals surface area contributed by atoms with Gasteiger partial charge in [0.25, 0.3) is 0 Å². The molecule has 0 aliphatic rings. The van der Waals surface area contributed by atoms with Crippen molar-refractivity contribution in [3.05, 3.63) is 131 Å². The standard InChI is InChI=1S/C26H21N2O2/c29-25-16-13-22(18-27-25)19-11-14-23(15-12-19)28-26(30)17-24(20-7-3-1-4-8-20)21-9-5-2-6-10-21/h1-18,24H,(H,27,29)(H,28,30). The molecule has 0 aliphatic carbocycles. The molecule has 0 fully saturated rings. The number of anilines is 1. The zero-order valence-corrected chi connectivity index (χ0v) is 16.3. The third-order valence-electron chi connectivity index (χ3n) is 4.91. The molecule has 0 spiro atoms. The maximum absolute atomic E-state index is 12.8. The number of aromatic amines is 1. The largest absolute Gasteiger partial charge is 0.328 e. The molecule has 30 heavy (non-hydrogen) atoms. The molecule has 0 atom stereocenters. The van der Waals surface area contributed by atoms with Gasteiger partial charge in [-0.3, -0.25) is 9.59 Å². The van der Waals surface area contributed by atoms with Gasteiger partial charge < -0.3 is 10.3 Å². The van der Waals surface area contributed by atoms with Crippen LogP contribution in [0.5, 0.6) is 0 Å². The number of amides is 1. The van der Waals surface area contributed by atoms with Gasteiger partial charge in [0.2, 0.25) is 11.5 Å². The molecule has 1 amide bonds. The Hall–Kier alpha value is -3.92. The molecule has 0 saturated carbocycles. The SMILES string of the molecule is O=C([CH]C(c1ccccc1)c1ccccc1)Nc1ccc(-c2ccc(=O)[nH]c2)cc1. The summed E-state index contributed by atoms with van der Waals surface area (Å²) < 4.78 is 0. The van der Waals surface area contributed by atoms with Crippen LogP contribution in [0, 0.1) is 6.42 Å². The number of hydrogen-bond donors (Lipinski definition) is 2. The summed E-state index contributed by atoms with van der Waals surface area (Å²) in [4.78, 5) is 26.6. The number of hydrogen-bond acceptors (Lipinski definition) is 2. The molecule has 0 aliphatic heterocycles. The van der Waals surface area contributed by atoms with Gasteiger partial charge in [-0.15, -0.1) is 0 Å². The van der Waals surface area contributed by atoms with Gasteiger partial charge in [-0.1, -0.05) is 72.8 Å². The highest BCUT2D eigenvalue weighted by Crippen LogP contribution is 2.28. The number of H-pyrrole nitrogens is 1. The van der Waals surface area contributed by atoms with Crippen molar-refractivity contribution in [2.24, 2.45) is 0 Å². The summed E-state index contributed by atoms with van der Waals surface area (Å²) in [6.07, 6.45) is 3.38. The second-order valence-corrected chi connectivity index (χ2v) is 6.97. The van der Waals surface area contributed by atoms with Crippen molar-refractivity contribution in [3.8, 4) is 11.1 Å². The lowest BCUT2D eigenvalue weighted by molar-refractivity contribution is -0.113. The van der Waals surface area contributed by atoms with E-state index in [1.807, 2.05) is 84.9 Å². The van der Waals surface area contributed by atoms with Gasteiger partial charge in [-0.2, -0.15) is 0 Å². The topological polar surface area (TPSA) is 62.0 Å². The Morgan fingerprint density at radius 1 is 0.733 bits per heavy atom. The van der Waals surface area contributed by atoms with Crippen LogP contribution >= 0.6 is 0 Å². The second kappa shape index (κ2) is 9.05. The van der Waals surface area contributed by atoms with E-state index in [1.54, 1.807) is 18.7 Å². The summed E-state index contributed by atoms with van der Waals surface area (Å²) in [6.45, 7) is 0. The van der Waals surface area contributed by atoms with E-state index < -0.39 is 0 Å². The maximum Gasteiger partial charge on any atom is 0.247 e. The fourth-order valence-electron chi connectivity index (χ4n) is 3.38. The predicted octanol–water partition coefficient (Wildman–Crippen LogP) is 5.02. The normalized spacial score (nSPS) is 10.7. The van der Waals surface area contributed by atoms with Crippen LogP contribution in [-0.4, -0.2) is 10.9 Å². The molecule has 0 saturated heterocycles. The Labute approximate surface area is 175 Å². The Balaban J connectivity index is 1.48. The minimum absolute atomic E-state index is 0.132. The average Bonchev–Trinajstić information content (AvgIpc) is 2.80. The smallest absolute Gasteiger partial charge is 0.247 e. The number of benzene rings is 3. The van der Waals surface area contributed by atoms with Gasteiger partial charge >= 0.3 is 0 Å². The van der Waals surface area contributed by atoms with Crippen molar-refractivity contribution < 1.29 is 4.79 Å². The number of aromatic nitrogens is 1. The highest BCUT2D eigenvalue weighted by molar-refractivity contribution is 5.98. The maximum atomic E-state index is 12.8. The van der Waals surface area contributed by atoms with E-state index >= 15 is 0 Å². The second-order valence-electron chi connectivity index (χ2n) is 6.97. The molecule has 2 N–H and O–H groups in total. The van der Waals surface area contributed by atoms with Crippen molar-refractivity contribution in [1.29, 1.82) is 0 Å². The van der Waals surface area contributed by atoms with E-state index in [4.69, 9.17) is 0 Å². The van der Waals surface area contributed by atoms with E-state index in [9.17, 15) is 9.59 Å². The van der Waals surface area contributed by atoms with Gasteiger partial charge in [-0.05, 0) is 40.5 Å². The van der Waals surface area contributed by atoms with E-state index in [2.05, 4.69) is 10.3 Å². The van der Waals surface area contributed by atoms with Crippen molar-refractivity contribution in [2.75, 3.05) is 5.32 Å². The molecule has 3 aromatic carbocycles. The summed E-state index contributed by atoms with van der Waals surface area (Å²) >= 11 is 0. The Kier molecular flexibility index (Phi) is 5.85. The number of carbonyl (C=O) groups is 1. The van der Waals surface area contributed by atoms with E-state index in [-0.39, 0.29) is 17.4 Å². The van der Waals surface area contributed by atoms with Crippen LogP contribution in [0.25, 0.3) is 11.1 Å².